The van der Waals surface area contributed by atoms with Crippen LogP contribution in [0.1, 0.15) is 6.92 Å². The number of thioether (sulfide) groups is 2. The monoisotopic (exact) mass is 447 g/mol. The van der Waals surface area contributed by atoms with E-state index in [2.05, 4.69) is 15.3 Å². The zero-order chi connectivity index (χ0) is 19.5. The van der Waals surface area contributed by atoms with E-state index >= 15 is 0 Å². The fourth-order valence-corrected chi connectivity index (χ4v) is 6.02. The minimum Gasteiger partial charge on any atom is -0.494 e. The first-order chi connectivity index (χ1) is 13.6. The van der Waals surface area contributed by atoms with Crippen LogP contribution in [-0.2, 0) is 4.79 Å². The Morgan fingerprint density at radius 2 is 1.79 bits per heavy atom. The fourth-order valence-electron chi connectivity index (χ4n) is 2.59. The van der Waals surface area contributed by atoms with E-state index in [0.29, 0.717) is 12.4 Å². The van der Waals surface area contributed by atoms with Gasteiger partial charge in [-0.3, -0.25) is 4.79 Å². The van der Waals surface area contributed by atoms with Crippen LogP contribution in [0.15, 0.2) is 45.1 Å². The summed E-state index contributed by atoms with van der Waals surface area (Å²) in [4.78, 5) is 21.4. The molecule has 4 aromatic rings. The van der Waals surface area contributed by atoms with E-state index in [-0.39, 0.29) is 5.91 Å². The lowest BCUT2D eigenvalue weighted by Gasteiger charge is -2.03. The molecule has 0 aliphatic rings. The standard InChI is InChI=1S/C19H17N3O2S4/c1-3-24-12-5-7-14-16(9-12)28-19(22-14)26-10-17(23)20-11-4-6-13-15(8-11)27-18(21-13)25-2/h4-9H,3,10H2,1-2H3,(H,20,23). The lowest BCUT2D eigenvalue weighted by Crippen LogP contribution is -2.13. The third-order valence-electron chi connectivity index (χ3n) is 3.81. The van der Waals surface area contributed by atoms with E-state index in [9.17, 15) is 4.79 Å². The van der Waals surface area contributed by atoms with E-state index in [0.717, 1.165) is 40.5 Å². The zero-order valence-electron chi connectivity index (χ0n) is 15.2. The van der Waals surface area contributed by atoms with Crippen LogP contribution in [0.2, 0.25) is 0 Å². The Morgan fingerprint density at radius 1 is 1.07 bits per heavy atom. The van der Waals surface area contributed by atoms with E-state index in [4.69, 9.17) is 4.74 Å². The Bertz CT molecular complexity index is 1140. The number of nitrogens with zero attached hydrogens (tertiary/aromatic N) is 2. The van der Waals surface area contributed by atoms with Crippen molar-refractivity contribution >= 4 is 78.2 Å². The number of amides is 1. The van der Waals surface area contributed by atoms with Crippen LogP contribution >= 0.6 is 46.2 Å². The summed E-state index contributed by atoms with van der Waals surface area (Å²) in [7, 11) is 0. The summed E-state index contributed by atoms with van der Waals surface area (Å²) in [6, 6.07) is 11.7. The van der Waals surface area contributed by atoms with Gasteiger partial charge in [-0.1, -0.05) is 23.5 Å². The highest BCUT2D eigenvalue weighted by atomic mass is 32.2. The third kappa shape index (κ3) is 4.43. The maximum atomic E-state index is 12.3. The average molecular weight is 448 g/mol. The highest BCUT2D eigenvalue weighted by Crippen LogP contribution is 2.32. The van der Waals surface area contributed by atoms with Crippen molar-refractivity contribution in [3.63, 3.8) is 0 Å². The molecule has 28 heavy (non-hydrogen) atoms. The Morgan fingerprint density at radius 3 is 2.57 bits per heavy atom. The van der Waals surface area contributed by atoms with Crippen molar-refractivity contribution in [1.82, 2.24) is 9.97 Å². The van der Waals surface area contributed by atoms with Crippen molar-refractivity contribution < 1.29 is 9.53 Å². The van der Waals surface area contributed by atoms with Crippen LogP contribution in [0.4, 0.5) is 5.69 Å². The van der Waals surface area contributed by atoms with E-state index in [1.165, 1.54) is 11.8 Å². The van der Waals surface area contributed by atoms with Gasteiger partial charge >= 0.3 is 0 Å². The van der Waals surface area contributed by atoms with Crippen molar-refractivity contribution in [3.05, 3.63) is 36.4 Å². The van der Waals surface area contributed by atoms with Crippen LogP contribution in [0, 0.1) is 0 Å². The molecule has 0 fully saturated rings. The number of rotatable bonds is 7. The number of ether oxygens (including phenoxy) is 1. The van der Waals surface area contributed by atoms with Crippen LogP contribution in [0.5, 0.6) is 5.75 Å². The van der Waals surface area contributed by atoms with Crippen LogP contribution < -0.4 is 10.1 Å². The molecule has 9 heteroatoms. The van der Waals surface area contributed by atoms with Crippen LogP contribution in [-0.4, -0.2) is 34.5 Å². The van der Waals surface area contributed by atoms with Gasteiger partial charge in [0.1, 0.15) is 5.75 Å². The number of hydrogen-bond acceptors (Lipinski definition) is 8. The van der Waals surface area contributed by atoms with Gasteiger partial charge < -0.3 is 10.1 Å². The van der Waals surface area contributed by atoms with Gasteiger partial charge in [0.25, 0.3) is 0 Å². The molecule has 4 rings (SSSR count). The molecule has 0 saturated carbocycles. The van der Waals surface area contributed by atoms with Crippen molar-refractivity contribution in [2.75, 3.05) is 23.9 Å². The molecule has 2 aromatic carbocycles. The predicted octanol–water partition coefficient (Wildman–Crippen LogP) is 5.76. The number of aromatic nitrogens is 2. The fraction of sp³-hybridized carbons (Fsp3) is 0.211. The number of anilines is 1. The smallest absolute Gasteiger partial charge is 0.234 e. The van der Waals surface area contributed by atoms with Gasteiger partial charge in [-0.15, -0.1) is 22.7 Å². The van der Waals surface area contributed by atoms with Crippen molar-refractivity contribution in [3.8, 4) is 5.75 Å². The molecule has 0 saturated heterocycles. The summed E-state index contributed by atoms with van der Waals surface area (Å²) >= 11 is 6.28. The molecule has 5 nitrogen and oxygen atoms in total. The molecule has 2 heterocycles. The first-order valence-electron chi connectivity index (χ1n) is 8.55. The van der Waals surface area contributed by atoms with E-state index < -0.39 is 0 Å². The Labute approximate surface area is 178 Å². The predicted molar refractivity (Wildman–Crippen MR) is 122 cm³/mol. The quantitative estimate of drug-likeness (QED) is 0.364. The summed E-state index contributed by atoms with van der Waals surface area (Å²) in [6.07, 6.45) is 2.01. The van der Waals surface area contributed by atoms with Crippen LogP contribution in [0.3, 0.4) is 0 Å². The number of fused-ring (bicyclic) bond motifs is 2. The second kappa shape index (κ2) is 8.69. The van der Waals surface area contributed by atoms with Gasteiger partial charge in [-0.05, 0) is 49.6 Å². The molecule has 1 N–H and O–H groups in total. The van der Waals surface area contributed by atoms with Gasteiger partial charge in [-0.2, -0.15) is 0 Å². The number of nitrogens with one attached hydrogen (secondary N) is 1. The third-order valence-corrected chi connectivity index (χ3v) is 7.97. The molecule has 1 amide bonds. The van der Waals surface area contributed by atoms with E-state index in [1.807, 2.05) is 49.6 Å². The highest BCUT2D eigenvalue weighted by molar-refractivity contribution is 8.01. The van der Waals surface area contributed by atoms with Gasteiger partial charge in [0, 0.05) is 5.69 Å². The van der Waals surface area contributed by atoms with Crippen molar-refractivity contribution in [2.24, 2.45) is 0 Å². The summed E-state index contributed by atoms with van der Waals surface area (Å²) in [5, 5.41) is 2.96. The normalized spacial score (nSPS) is 11.2. The van der Waals surface area contributed by atoms with Gasteiger partial charge in [-0.25, -0.2) is 9.97 Å². The number of hydrogen-bond donors (Lipinski definition) is 1. The number of carbonyl (C=O) groups excluding carboxylic acids is 1. The summed E-state index contributed by atoms with van der Waals surface area (Å²) in [6.45, 7) is 2.60. The van der Waals surface area contributed by atoms with Crippen molar-refractivity contribution in [1.29, 1.82) is 0 Å². The first kappa shape index (κ1) is 19.5. The molecule has 0 aliphatic heterocycles. The molecule has 144 valence electrons. The molecule has 0 aliphatic carbocycles. The molecule has 0 unspecified atom stereocenters. The van der Waals surface area contributed by atoms with Gasteiger partial charge in [0.05, 0.1) is 32.8 Å². The Kier molecular flexibility index (Phi) is 6.05. The minimum atomic E-state index is -0.0479. The second-order valence-corrected chi connectivity index (χ2v) is 10.1. The Balaban J connectivity index is 1.39. The topological polar surface area (TPSA) is 64.1 Å². The second-order valence-electron chi connectivity index (χ2n) is 5.75. The molecular weight excluding hydrogens is 430 g/mol. The number of carbonyl (C=O) groups is 1. The number of thiazole rings is 2. The number of benzene rings is 2. The SMILES string of the molecule is CCOc1ccc2nc(SCC(=O)Nc3ccc4nc(SC)sc4c3)sc2c1. The van der Waals surface area contributed by atoms with Crippen molar-refractivity contribution in [2.45, 2.75) is 15.6 Å². The summed E-state index contributed by atoms with van der Waals surface area (Å²) in [5.74, 6) is 1.11. The molecule has 0 spiro atoms. The zero-order valence-corrected chi connectivity index (χ0v) is 18.5. The van der Waals surface area contributed by atoms with Gasteiger partial charge in [0.2, 0.25) is 5.91 Å². The lowest BCUT2D eigenvalue weighted by atomic mass is 10.3. The summed E-state index contributed by atoms with van der Waals surface area (Å²) < 4.78 is 9.57. The van der Waals surface area contributed by atoms with E-state index in [1.54, 1.807) is 34.4 Å². The molecular formula is C19H17N3O2S4. The molecule has 0 radical (unpaired) electrons. The average Bonchev–Trinajstić information content (AvgIpc) is 3.29. The Hall–Kier alpha value is -1.81. The highest BCUT2D eigenvalue weighted by Gasteiger charge is 2.10. The van der Waals surface area contributed by atoms with Gasteiger partial charge in [0.15, 0.2) is 8.68 Å². The summed E-state index contributed by atoms with van der Waals surface area (Å²) in [5.41, 5.74) is 2.68. The molecule has 0 bridgehead atoms. The van der Waals surface area contributed by atoms with Crippen LogP contribution in [0.25, 0.3) is 20.4 Å². The maximum absolute atomic E-state index is 12.3. The first-order valence-corrected chi connectivity index (χ1v) is 12.4. The largest absolute Gasteiger partial charge is 0.494 e. The molecule has 0 atom stereocenters. The lowest BCUT2D eigenvalue weighted by molar-refractivity contribution is -0.113. The maximum Gasteiger partial charge on any atom is 0.234 e. The minimum absolute atomic E-state index is 0.0479. The molecule has 2 aromatic heterocycles.